The van der Waals surface area contributed by atoms with Crippen molar-refractivity contribution in [2.45, 2.75) is 37.6 Å². The summed E-state index contributed by atoms with van der Waals surface area (Å²) in [5.41, 5.74) is 0.861. The van der Waals surface area contributed by atoms with Gasteiger partial charge in [-0.2, -0.15) is 0 Å². The van der Waals surface area contributed by atoms with Crippen molar-refractivity contribution in [2.75, 3.05) is 0 Å². The topological polar surface area (TPSA) is 89.3 Å². The van der Waals surface area contributed by atoms with Crippen LogP contribution in [0.1, 0.15) is 35.7 Å². The van der Waals surface area contributed by atoms with Gasteiger partial charge in [-0.25, -0.2) is 13.6 Å². The number of amides is 1. The van der Waals surface area contributed by atoms with Crippen molar-refractivity contribution in [3.05, 3.63) is 29.3 Å². The Morgan fingerprint density at radius 3 is 2.60 bits per heavy atom. The lowest BCUT2D eigenvalue weighted by Crippen LogP contribution is -2.33. The molecule has 0 aromatic heterocycles. The van der Waals surface area contributed by atoms with Gasteiger partial charge in [0.2, 0.25) is 10.0 Å². The van der Waals surface area contributed by atoms with Crippen molar-refractivity contribution in [3.8, 4) is 12.3 Å². The highest BCUT2D eigenvalue weighted by atomic mass is 32.2. The standard InChI is InChI=1S/C14H18N2O3S/c1-4-6-12(5-2)16-14(17)11-7-10(3)8-13(9-11)20(15,18)19/h2,7-9,12H,4,6H2,1,3H3,(H,16,17)(H2,15,18,19). The molecular formula is C14H18N2O3S. The lowest BCUT2D eigenvalue weighted by Gasteiger charge is -2.13. The summed E-state index contributed by atoms with van der Waals surface area (Å²) in [6.07, 6.45) is 6.84. The van der Waals surface area contributed by atoms with Crippen LogP contribution in [0.4, 0.5) is 0 Å². The molecule has 0 saturated heterocycles. The van der Waals surface area contributed by atoms with Crippen molar-refractivity contribution < 1.29 is 13.2 Å². The number of nitrogens with one attached hydrogen (secondary N) is 1. The fourth-order valence-electron chi connectivity index (χ4n) is 1.77. The Bertz CT molecular complexity index is 645. The maximum atomic E-state index is 12.1. The van der Waals surface area contributed by atoms with Crippen LogP contribution in [0.15, 0.2) is 23.1 Å². The molecule has 20 heavy (non-hydrogen) atoms. The van der Waals surface area contributed by atoms with Crippen molar-refractivity contribution >= 4 is 15.9 Å². The largest absolute Gasteiger partial charge is 0.338 e. The van der Waals surface area contributed by atoms with Crippen LogP contribution in [0.25, 0.3) is 0 Å². The molecule has 0 radical (unpaired) electrons. The first kappa shape index (κ1) is 16.2. The average molecular weight is 294 g/mol. The summed E-state index contributed by atoms with van der Waals surface area (Å²) in [4.78, 5) is 12.0. The number of aryl methyl sites for hydroxylation is 1. The minimum atomic E-state index is -3.85. The number of sulfonamides is 1. The molecule has 0 aliphatic heterocycles. The van der Waals surface area contributed by atoms with Crippen molar-refractivity contribution in [1.82, 2.24) is 5.32 Å². The molecule has 0 heterocycles. The molecule has 0 saturated carbocycles. The molecule has 0 aliphatic carbocycles. The highest BCUT2D eigenvalue weighted by molar-refractivity contribution is 7.89. The van der Waals surface area contributed by atoms with Crippen molar-refractivity contribution in [2.24, 2.45) is 5.14 Å². The number of hydrogen-bond donors (Lipinski definition) is 2. The lowest BCUT2D eigenvalue weighted by atomic mass is 10.1. The van der Waals surface area contributed by atoms with Gasteiger partial charge in [0.25, 0.3) is 5.91 Å². The predicted molar refractivity (Wildman–Crippen MR) is 77.5 cm³/mol. The Labute approximate surface area is 119 Å². The van der Waals surface area contributed by atoms with Gasteiger partial charge in [-0.15, -0.1) is 6.42 Å². The van der Waals surface area contributed by atoms with Crippen molar-refractivity contribution in [1.29, 1.82) is 0 Å². The smallest absolute Gasteiger partial charge is 0.252 e. The first-order valence-electron chi connectivity index (χ1n) is 6.19. The van der Waals surface area contributed by atoms with Gasteiger partial charge in [0.1, 0.15) is 0 Å². The Hall–Kier alpha value is -1.84. The molecule has 6 heteroatoms. The third-order valence-electron chi connectivity index (χ3n) is 2.73. The van der Waals surface area contributed by atoms with Gasteiger partial charge in [0, 0.05) is 5.56 Å². The molecule has 1 aromatic rings. The third-order valence-corrected chi connectivity index (χ3v) is 3.62. The summed E-state index contributed by atoms with van der Waals surface area (Å²) in [6, 6.07) is 3.88. The molecule has 5 nitrogen and oxygen atoms in total. The second kappa shape index (κ2) is 6.55. The van der Waals surface area contributed by atoms with E-state index in [-0.39, 0.29) is 16.5 Å². The Morgan fingerprint density at radius 1 is 1.45 bits per heavy atom. The van der Waals surface area contributed by atoms with E-state index in [1.165, 1.54) is 12.1 Å². The van der Waals surface area contributed by atoms with E-state index >= 15 is 0 Å². The van der Waals surface area contributed by atoms with Crippen LogP contribution in [0.5, 0.6) is 0 Å². The number of rotatable bonds is 5. The lowest BCUT2D eigenvalue weighted by molar-refractivity contribution is 0.0944. The molecule has 0 spiro atoms. The van der Waals surface area contributed by atoms with Crippen LogP contribution in [-0.2, 0) is 10.0 Å². The summed E-state index contributed by atoms with van der Waals surface area (Å²) in [6.45, 7) is 3.65. The van der Waals surface area contributed by atoms with E-state index in [1.807, 2.05) is 6.92 Å². The van der Waals surface area contributed by atoms with Crippen LogP contribution >= 0.6 is 0 Å². The van der Waals surface area contributed by atoms with E-state index in [0.717, 1.165) is 6.42 Å². The molecule has 3 N–H and O–H groups in total. The van der Waals surface area contributed by atoms with Crippen LogP contribution < -0.4 is 10.5 Å². The zero-order valence-corrected chi connectivity index (χ0v) is 12.3. The molecule has 0 fully saturated rings. The third kappa shape index (κ3) is 4.37. The van der Waals surface area contributed by atoms with Crippen molar-refractivity contribution in [3.63, 3.8) is 0 Å². The van der Waals surface area contributed by atoms with E-state index in [0.29, 0.717) is 12.0 Å². The molecular weight excluding hydrogens is 276 g/mol. The van der Waals surface area contributed by atoms with Gasteiger partial charge in [-0.3, -0.25) is 4.79 Å². The van der Waals surface area contributed by atoms with Crippen LogP contribution in [0.3, 0.4) is 0 Å². The Morgan fingerprint density at radius 2 is 2.10 bits per heavy atom. The predicted octanol–water partition coefficient (Wildman–Crippen LogP) is 1.17. The van der Waals surface area contributed by atoms with Crippen LogP contribution in [0, 0.1) is 19.3 Å². The molecule has 1 amide bonds. The highest BCUT2D eigenvalue weighted by Crippen LogP contribution is 2.14. The highest BCUT2D eigenvalue weighted by Gasteiger charge is 2.15. The zero-order valence-electron chi connectivity index (χ0n) is 11.5. The maximum Gasteiger partial charge on any atom is 0.252 e. The fraction of sp³-hybridized carbons (Fsp3) is 0.357. The zero-order chi connectivity index (χ0) is 15.3. The fourth-order valence-corrected chi connectivity index (χ4v) is 2.41. The molecule has 1 atom stereocenters. The first-order valence-corrected chi connectivity index (χ1v) is 7.74. The van der Waals surface area contributed by atoms with Gasteiger partial charge in [-0.05, 0) is 37.1 Å². The van der Waals surface area contributed by atoms with E-state index in [2.05, 4.69) is 11.2 Å². The molecule has 0 aliphatic rings. The minimum absolute atomic E-state index is 0.0876. The van der Waals surface area contributed by atoms with E-state index in [4.69, 9.17) is 11.6 Å². The number of primary sulfonamides is 1. The number of carbonyl (C=O) groups is 1. The van der Waals surface area contributed by atoms with Gasteiger partial charge in [0.05, 0.1) is 10.9 Å². The summed E-state index contributed by atoms with van der Waals surface area (Å²) >= 11 is 0. The summed E-state index contributed by atoms with van der Waals surface area (Å²) in [7, 11) is -3.85. The number of terminal acetylenes is 1. The Balaban J connectivity index is 3.05. The quantitative estimate of drug-likeness (QED) is 0.799. The van der Waals surface area contributed by atoms with Crippen LogP contribution in [-0.4, -0.2) is 20.4 Å². The van der Waals surface area contributed by atoms with E-state index < -0.39 is 15.9 Å². The molecule has 0 bridgehead atoms. The van der Waals surface area contributed by atoms with Gasteiger partial charge in [-0.1, -0.05) is 19.3 Å². The van der Waals surface area contributed by atoms with E-state index in [9.17, 15) is 13.2 Å². The minimum Gasteiger partial charge on any atom is -0.338 e. The first-order chi connectivity index (χ1) is 9.27. The number of nitrogens with two attached hydrogens (primary N) is 1. The summed E-state index contributed by atoms with van der Waals surface area (Å²) < 4.78 is 22.7. The molecule has 1 unspecified atom stereocenters. The number of carbonyl (C=O) groups excluding carboxylic acids is 1. The normalized spacial score (nSPS) is 12.5. The average Bonchev–Trinajstić information content (AvgIpc) is 2.36. The van der Waals surface area contributed by atoms with E-state index in [1.54, 1.807) is 13.0 Å². The SMILES string of the molecule is C#CC(CCC)NC(=O)c1cc(C)cc(S(N)(=O)=O)c1. The second-order valence-corrected chi connectivity index (χ2v) is 6.12. The van der Waals surface area contributed by atoms with Crippen LogP contribution in [0.2, 0.25) is 0 Å². The second-order valence-electron chi connectivity index (χ2n) is 4.56. The molecule has 108 valence electrons. The monoisotopic (exact) mass is 294 g/mol. The summed E-state index contributed by atoms with van der Waals surface area (Å²) in [5.74, 6) is 2.08. The molecule has 1 aromatic carbocycles. The number of hydrogen-bond acceptors (Lipinski definition) is 3. The summed E-state index contributed by atoms with van der Waals surface area (Å²) in [5, 5.41) is 7.76. The van der Waals surface area contributed by atoms with Gasteiger partial charge >= 0.3 is 0 Å². The number of benzene rings is 1. The van der Waals surface area contributed by atoms with Gasteiger partial charge in [0.15, 0.2) is 0 Å². The maximum absolute atomic E-state index is 12.1. The molecule has 1 rings (SSSR count). The van der Waals surface area contributed by atoms with Gasteiger partial charge < -0.3 is 5.32 Å². The Kier molecular flexibility index (Phi) is 5.31.